The van der Waals surface area contributed by atoms with Crippen molar-refractivity contribution >= 4 is 12.2 Å². The summed E-state index contributed by atoms with van der Waals surface area (Å²) in [6.07, 6.45) is -3.49. The maximum absolute atomic E-state index is 13.0. The van der Waals surface area contributed by atoms with Gasteiger partial charge in [-0.25, -0.2) is 9.59 Å². The van der Waals surface area contributed by atoms with Crippen molar-refractivity contribution in [2.24, 2.45) is 0 Å². The first-order valence-corrected chi connectivity index (χ1v) is 24.8. The van der Waals surface area contributed by atoms with E-state index in [1.165, 1.54) is 30.3 Å². The second-order valence-corrected chi connectivity index (χ2v) is 18.9. The van der Waals surface area contributed by atoms with Crippen molar-refractivity contribution in [1.82, 2.24) is 10.6 Å². The minimum absolute atomic E-state index is 0.0841. The lowest BCUT2D eigenvalue weighted by Gasteiger charge is -2.35. The minimum atomic E-state index is -0.817. The Morgan fingerprint density at radius 2 is 0.973 bits per heavy atom. The molecule has 390 valence electrons. The number of nitrogens with one attached hydrogen (secondary N) is 2. The van der Waals surface area contributed by atoms with Crippen LogP contribution in [0.4, 0.5) is 9.59 Å². The maximum Gasteiger partial charge on any atom is 0.407 e. The van der Waals surface area contributed by atoms with Gasteiger partial charge in [0.15, 0.2) is 35.2 Å². The second-order valence-electron chi connectivity index (χ2n) is 18.9. The Hall–Kier alpha value is -8.72. The molecule has 0 saturated heterocycles. The lowest BCUT2D eigenvalue weighted by Crippen LogP contribution is -2.40. The van der Waals surface area contributed by atoms with Crippen LogP contribution < -0.4 is 34.3 Å². The molecule has 0 aromatic heterocycles. The number of aromatic hydroxyl groups is 4. The maximum atomic E-state index is 13.0. The van der Waals surface area contributed by atoms with Crippen molar-refractivity contribution in [3.63, 3.8) is 0 Å². The van der Waals surface area contributed by atoms with Gasteiger partial charge in [-0.05, 0) is 93.3 Å². The number of carbonyl (C=O) groups is 2. The third-order valence-corrected chi connectivity index (χ3v) is 12.1. The number of alkyl carbamates (subject to hydrolysis) is 2. The van der Waals surface area contributed by atoms with E-state index in [0.29, 0.717) is 60.4 Å². The zero-order valence-electron chi connectivity index (χ0n) is 42.4. The molecule has 0 bridgehead atoms. The number of phenols is 4. The average molecular weight is 1020 g/mol. The van der Waals surface area contributed by atoms with Gasteiger partial charge in [0, 0.05) is 59.3 Å². The van der Waals surface area contributed by atoms with Crippen molar-refractivity contribution in [1.29, 1.82) is 0 Å². The van der Waals surface area contributed by atoms with Gasteiger partial charge in [-0.15, -0.1) is 0 Å². The minimum Gasteiger partial charge on any atom is -0.508 e. The average Bonchev–Trinajstić information content (AvgIpc) is 3.38. The number of rotatable bonds is 15. The fraction of sp³-hybridized carbons (Fsp3) is 0.267. The van der Waals surface area contributed by atoms with E-state index in [-0.39, 0.29) is 47.3 Å². The Labute approximate surface area is 436 Å². The van der Waals surface area contributed by atoms with Crippen LogP contribution in [0.3, 0.4) is 0 Å². The molecule has 0 unspecified atom stereocenters. The summed E-state index contributed by atoms with van der Waals surface area (Å²) in [6.45, 7) is 10.5. The molecule has 6 N–H and O–H groups in total. The van der Waals surface area contributed by atoms with Gasteiger partial charge >= 0.3 is 12.2 Å². The molecule has 15 nitrogen and oxygen atoms in total. The van der Waals surface area contributed by atoms with E-state index in [9.17, 15) is 30.0 Å². The number of hydrogen-bond acceptors (Lipinski definition) is 13. The number of amides is 2. The smallest absolute Gasteiger partial charge is 0.407 e. The zero-order valence-corrected chi connectivity index (χ0v) is 42.4. The Balaban J connectivity index is 0.000000234. The van der Waals surface area contributed by atoms with Crippen LogP contribution in [0.2, 0.25) is 0 Å². The molecule has 0 fully saturated rings. The molecule has 2 heterocycles. The van der Waals surface area contributed by atoms with E-state index in [1.807, 2.05) is 142 Å². The number of benzene rings is 7. The summed E-state index contributed by atoms with van der Waals surface area (Å²) in [5.74, 6) is 1.86. The summed E-state index contributed by atoms with van der Waals surface area (Å²) in [5.41, 5.74) is 6.66. The highest BCUT2D eigenvalue weighted by Gasteiger charge is 2.38. The zero-order chi connectivity index (χ0) is 53.0. The van der Waals surface area contributed by atoms with Crippen LogP contribution >= 0.6 is 0 Å². The van der Waals surface area contributed by atoms with E-state index in [2.05, 4.69) is 10.6 Å². The molecule has 15 heteroatoms. The monoisotopic (exact) mass is 1020 g/mol. The number of hydrogen-bond donors (Lipinski definition) is 6. The van der Waals surface area contributed by atoms with Gasteiger partial charge < -0.3 is 64.2 Å². The number of ether oxygens (including phenoxy) is 7. The number of phenolic OH excluding ortho intramolecular Hbond substituents is 4. The SMILES string of the molecule is CC(C)NC(=O)O[C@@H]1Cc2c(O)cc(O)cc2O[C@@H]1c1ccc(O)c(O)c1.Cc1cc(OCc2ccccc2)c2c(c1)O[C@H](c1ccc(OCc3ccccc3)c(OCc3ccccc3)c1)[C@H](OC(=O)NC(C)C)C2. The summed E-state index contributed by atoms with van der Waals surface area (Å²) in [5, 5.41) is 44.6. The van der Waals surface area contributed by atoms with Gasteiger partial charge in [0.1, 0.15) is 60.8 Å². The third-order valence-electron chi connectivity index (χ3n) is 12.1. The molecule has 2 aliphatic heterocycles. The molecule has 7 aromatic carbocycles. The topological polar surface area (TPSA) is 204 Å². The van der Waals surface area contributed by atoms with Crippen LogP contribution in [0.5, 0.6) is 51.7 Å². The molecule has 2 aliphatic rings. The molecular weight excluding hydrogens is 957 g/mol. The standard InChI is InChI=1S/C41H41NO6.C19H21NO7/c1-28(2)42-41(43)48-39-24-34-36(45-26-31-15-9-5-10-16-31)21-29(3)22-37(34)47-40(39)33-19-20-35(44-25-30-13-7-4-8-14-30)38(23-33)46-27-32-17-11-6-12-18-32;1-9(2)20-19(25)27-17-8-12-14(23)6-11(21)7-16(12)26-18(17)10-3-4-13(22)15(24)5-10/h4-23,28,39-40H,24-27H2,1-3H3,(H,42,43);3-7,9,17-18,21-24H,8H2,1-2H3,(H,20,25)/t39-,40-;17-,18-/m11/s1. The van der Waals surface area contributed by atoms with Crippen molar-refractivity contribution in [2.45, 2.75) is 104 Å². The lowest BCUT2D eigenvalue weighted by atomic mass is 9.93. The fourth-order valence-electron chi connectivity index (χ4n) is 8.60. The van der Waals surface area contributed by atoms with Crippen LogP contribution in [0.25, 0.3) is 0 Å². The van der Waals surface area contributed by atoms with Crippen LogP contribution in [-0.4, -0.2) is 56.9 Å². The van der Waals surface area contributed by atoms with Gasteiger partial charge in [0.2, 0.25) is 0 Å². The van der Waals surface area contributed by atoms with Crippen LogP contribution in [0.1, 0.15) is 84.4 Å². The molecule has 9 rings (SSSR count). The van der Waals surface area contributed by atoms with Gasteiger partial charge in [0.05, 0.1) is 0 Å². The highest BCUT2D eigenvalue weighted by Crippen LogP contribution is 2.46. The van der Waals surface area contributed by atoms with Crippen molar-refractivity contribution in [3.05, 3.63) is 196 Å². The molecule has 4 atom stereocenters. The Kier molecular flexibility index (Phi) is 17.1. The number of carbonyl (C=O) groups excluding carboxylic acids is 2. The van der Waals surface area contributed by atoms with Crippen LogP contribution in [0.15, 0.2) is 152 Å². The summed E-state index contributed by atoms with van der Waals surface area (Å²) >= 11 is 0. The van der Waals surface area contributed by atoms with E-state index in [0.717, 1.165) is 33.4 Å². The van der Waals surface area contributed by atoms with Gasteiger partial charge in [-0.3, -0.25) is 0 Å². The van der Waals surface area contributed by atoms with Gasteiger partial charge in [-0.1, -0.05) is 103 Å². The summed E-state index contributed by atoms with van der Waals surface area (Å²) in [7, 11) is 0. The first kappa shape index (κ1) is 52.6. The summed E-state index contributed by atoms with van der Waals surface area (Å²) in [4.78, 5) is 25.1. The normalized spacial score (nSPS) is 16.4. The lowest BCUT2D eigenvalue weighted by molar-refractivity contribution is 0.00137. The van der Waals surface area contributed by atoms with Crippen LogP contribution in [-0.2, 0) is 42.1 Å². The molecular formula is C60H62N2O13. The summed E-state index contributed by atoms with van der Waals surface area (Å²) < 4.78 is 43.1. The molecule has 0 spiro atoms. The third kappa shape index (κ3) is 14.1. The van der Waals surface area contributed by atoms with Gasteiger partial charge in [-0.2, -0.15) is 0 Å². The summed E-state index contributed by atoms with van der Waals surface area (Å²) in [6, 6.07) is 46.3. The van der Waals surface area contributed by atoms with E-state index in [4.69, 9.17) is 33.2 Å². The number of fused-ring (bicyclic) bond motifs is 2. The predicted octanol–water partition coefficient (Wildman–Crippen LogP) is 11.6. The largest absolute Gasteiger partial charge is 0.508 e. The molecule has 0 saturated carbocycles. The first-order valence-electron chi connectivity index (χ1n) is 24.8. The van der Waals surface area contributed by atoms with E-state index in [1.54, 1.807) is 13.8 Å². The van der Waals surface area contributed by atoms with Crippen LogP contribution in [0, 0.1) is 6.92 Å². The van der Waals surface area contributed by atoms with Crippen molar-refractivity contribution in [3.8, 4) is 51.7 Å². The Morgan fingerprint density at radius 3 is 1.49 bits per heavy atom. The Bertz CT molecular complexity index is 3040. The highest BCUT2D eigenvalue weighted by atomic mass is 16.6. The molecule has 2 amide bonds. The van der Waals surface area contributed by atoms with Gasteiger partial charge in [0.25, 0.3) is 0 Å². The quantitative estimate of drug-likeness (QED) is 0.0530. The fourth-order valence-corrected chi connectivity index (χ4v) is 8.60. The van der Waals surface area contributed by atoms with E-state index < -0.39 is 36.6 Å². The first-order chi connectivity index (χ1) is 36.1. The Morgan fingerprint density at radius 1 is 0.507 bits per heavy atom. The molecule has 0 aliphatic carbocycles. The molecule has 7 aromatic rings. The predicted molar refractivity (Wildman–Crippen MR) is 281 cm³/mol. The second kappa shape index (κ2) is 24.3. The molecule has 0 radical (unpaired) electrons. The highest BCUT2D eigenvalue weighted by molar-refractivity contribution is 5.68. The van der Waals surface area contributed by atoms with E-state index >= 15 is 0 Å². The van der Waals surface area contributed by atoms with Crippen molar-refractivity contribution in [2.75, 3.05) is 0 Å². The molecule has 75 heavy (non-hydrogen) atoms. The number of aryl methyl sites for hydroxylation is 1. The van der Waals surface area contributed by atoms with Crippen molar-refractivity contribution < 1.29 is 63.2 Å².